The summed E-state index contributed by atoms with van der Waals surface area (Å²) in [7, 11) is 0. The Morgan fingerprint density at radius 2 is 2.10 bits per heavy atom. The highest BCUT2D eigenvalue weighted by molar-refractivity contribution is 5.81. The van der Waals surface area contributed by atoms with E-state index in [9.17, 15) is 4.79 Å². The number of piperidine rings is 1. The molecule has 0 aliphatic carbocycles. The number of ether oxygens (including phenoxy) is 2. The minimum atomic E-state index is -0.0408. The van der Waals surface area contributed by atoms with E-state index in [2.05, 4.69) is 10.6 Å². The third-order valence-corrected chi connectivity index (χ3v) is 3.70. The molecule has 1 aromatic carbocycles. The molecule has 2 aliphatic heterocycles. The molecule has 2 heterocycles. The lowest BCUT2D eigenvalue weighted by Crippen LogP contribution is -2.46. The van der Waals surface area contributed by atoms with Gasteiger partial charge in [-0.1, -0.05) is 12.5 Å². The quantitative estimate of drug-likeness (QED) is 0.871. The highest BCUT2D eigenvalue weighted by Gasteiger charge is 2.20. The summed E-state index contributed by atoms with van der Waals surface area (Å²) in [6.07, 6.45) is 3.20. The Balaban J connectivity index is 1.56. The average Bonchev–Trinajstić information content (AvgIpc) is 2.53. The van der Waals surface area contributed by atoms with Gasteiger partial charge < -0.3 is 20.1 Å². The van der Waals surface area contributed by atoms with Crippen LogP contribution in [-0.2, 0) is 11.3 Å². The van der Waals surface area contributed by atoms with Crippen LogP contribution in [-0.4, -0.2) is 31.7 Å². The molecule has 3 rings (SSSR count). The van der Waals surface area contributed by atoms with E-state index < -0.39 is 0 Å². The second kappa shape index (κ2) is 6.13. The minimum Gasteiger partial charge on any atom is -0.486 e. The predicted octanol–water partition coefficient (Wildman–Crippen LogP) is 1.22. The Hall–Kier alpha value is -1.75. The first-order valence-corrected chi connectivity index (χ1v) is 7.22. The second-order valence-corrected chi connectivity index (χ2v) is 5.20. The fraction of sp³-hybridized carbons (Fsp3) is 0.533. The predicted molar refractivity (Wildman–Crippen MR) is 74.9 cm³/mol. The van der Waals surface area contributed by atoms with Crippen molar-refractivity contribution < 1.29 is 14.3 Å². The third-order valence-electron chi connectivity index (χ3n) is 3.70. The van der Waals surface area contributed by atoms with E-state index in [0.29, 0.717) is 19.8 Å². The summed E-state index contributed by atoms with van der Waals surface area (Å²) in [6.45, 7) is 2.63. The van der Waals surface area contributed by atoms with Gasteiger partial charge >= 0.3 is 0 Å². The van der Waals surface area contributed by atoms with Crippen LogP contribution in [0.25, 0.3) is 0 Å². The Kier molecular flexibility index (Phi) is 4.06. The smallest absolute Gasteiger partial charge is 0.237 e. The van der Waals surface area contributed by atoms with Crippen LogP contribution in [0.5, 0.6) is 11.5 Å². The van der Waals surface area contributed by atoms with E-state index in [-0.39, 0.29) is 11.9 Å². The first-order chi connectivity index (χ1) is 9.83. The van der Waals surface area contributed by atoms with Crippen LogP contribution in [0.4, 0.5) is 0 Å². The molecule has 2 N–H and O–H groups in total. The Morgan fingerprint density at radius 3 is 2.90 bits per heavy atom. The SMILES string of the molecule is O=C(NCc1ccc2c(c1)OCCO2)[C@H]1CCCCN1. The summed E-state index contributed by atoms with van der Waals surface area (Å²) in [5, 5.41) is 6.23. The Labute approximate surface area is 118 Å². The molecule has 1 atom stereocenters. The molecule has 0 aromatic heterocycles. The lowest BCUT2D eigenvalue weighted by molar-refractivity contribution is -0.123. The number of rotatable bonds is 3. The van der Waals surface area contributed by atoms with Crippen molar-refractivity contribution in [3.05, 3.63) is 23.8 Å². The summed E-state index contributed by atoms with van der Waals surface area (Å²) in [4.78, 5) is 12.0. The highest BCUT2D eigenvalue weighted by Crippen LogP contribution is 2.30. The van der Waals surface area contributed by atoms with Gasteiger partial charge in [0.2, 0.25) is 5.91 Å². The third kappa shape index (κ3) is 3.04. The maximum Gasteiger partial charge on any atom is 0.237 e. The molecule has 1 fully saturated rings. The van der Waals surface area contributed by atoms with Gasteiger partial charge in [0.15, 0.2) is 11.5 Å². The van der Waals surface area contributed by atoms with E-state index in [1.165, 1.54) is 0 Å². The number of benzene rings is 1. The van der Waals surface area contributed by atoms with Crippen molar-refractivity contribution in [2.75, 3.05) is 19.8 Å². The van der Waals surface area contributed by atoms with Crippen molar-refractivity contribution in [1.29, 1.82) is 0 Å². The molecule has 0 unspecified atom stereocenters. The molecule has 0 spiro atoms. The standard InChI is InChI=1S/C15H20N2O3/c18-15(12-3-1-2-6-16-12)17-10-11-4-5-13-14(9-11)20-8-7-19-13/h4-5,9,12,16H,1-3,6-8,10H2,(H,17,18)/t12-/m1/s1. The maximum absolute atomic E-state index is 12.0. The zero-order chi connectivity index (χ0) is 13.8. The topological polar surface area (TPSA) is 59.6 Å². The summed E-state index contributed by atoms with van der Waals surface area (Å²) in [5.41, 5.74) is 1.03. The number of amides is 1. The number of hydrogen-bond acceptors (Lipinski definition) is 4. The molecule has 1 amide bonds. The van der Waals surface area contributed by atoms with E-state index >= 15 is 0 Å². The van der Waals surface area contributed by atoms with Crippen molar-refractivity contribution in [1.82, 2.24) is 10.6 Å². The van der Waals surface area contributed by atoms with Crippen molar-refractivity contribution in [3.63, 3.8) is 0 Å². The lowest BCUT2D eigenvalue weighted by Gasteiger charge is -2.23. The van der Waals surface area contributed by atoms with Gasteiger partial charge in [0.05, 0.1) is 6.04 Å². The van der Waals surface area contributed by atoms with Crippen molar-refractivity contribution in [3.8, 4) is 11.5 Å². The first kappa shape index (κ1) is 13.2. The summed E-state index contributed by atoms with van der Waals surface area (Å²) >= 11 is 0. The monoisotopic (exact) mass is 276 g/mol. The average molecular weight is 276 g/mol. The van der Waals surface area contributed by atoms with Crippen LogP contribution in [0, 0.1) is 0 Å². The van der Waals surface area contributed by atoms with Crippen LogP contribution in [0.3, 0.4) is 0 Å². The number of carbonyl (C=O) groups is 1. The largest absolute Gasteiger partial charge is 0.486 e. The lowest BCUT2D eigenvalue weighted by atomic mass is 10.0. The minimum absolute atomic E-state index is 0.0408. The van der Waals surface area contributed by atoms with Crippen molar-refractivity contribution in [2.45, 2.75) is 31.8 Å². The van der Waals surface area contributed by atoms with E-state index in [0.717, 1.165) is 42.9 Å². The molecule has 0 bridgehead atoms. The van der Waals surface area contributed by atoms with Gasteiger partial charge in [-0.15, -0.1) is 0 Å². The van der Waals surface area contributed by atoms with E-state index in [4.69, 9.17) is 9.47 Å². The van der Waals surface area contributed by atoms with Gasteiger partial charge in [-0.2, -0.15) is 0 Å². The Morgan fingerprint density at radius 1 is 1.25 bits per heavy atom. The molecule has 0 saturated carbocycles. The van der Waals surface area contributed by atoms with E-state index in [1.54, 1.807) is 0 Å². The number of nitrogens with one attached hydrogen (secondary N) is 2. The summed E-state index contributed by atoms with van der Waals surface area (Å²) < 4.78 is 11.0. The zero-order valence-electron chi connectivity index (χ0n) is 11.5. The normalized spacial score (nSPS) is 21.3. The first-order valence-electron chi connectivity index (χ1n) is 7.22. The fourth-order valence-electron chi connectivity index (χ4n) is 2.59. The molecule has 2 aliphatic rings. The van der Waals surface area contributed by atoms with Crippen LogP contribution >= 0.6 is 0 Å². The maximum atomic E-state index is 12.0. The van der Waals surface area contributed by atoms with Gasteiger partial charge in [0.1, 0.15) is 13.2 Å². The summed E-state index contributed by atoms with van der Waals surface area (Å²) in [5.74, 6) is 1.62. The zero-order valence-corrected chi connectivity index (χ0v) is 11.5. The van der Waals surface area contributed by atoms with Gasteiger partial charge in [0, 0.05) is 6.54 Å². The van der Waals surface area contributed by atoms with Crippen LogP contribution in [0.15, 0.2) is 18.2 Å². The molecular formula is C15H20N2O3. The van der Waals surface area contributed by atoms with Gasteiger partial charge in [0.25, 0.3) is 0 Å². The Bertz CT molecular complexity index is 484. The molecule has 1 saturated heterocycles. The van der Waals surface area contributed by atoms with Gasteiger partial charge in [-0.3, -0.25) is 4.79 Å². The van der Waals surface area contributed by atoms with E-state index in [1.807, 2.05) is 18.2 Å². The molecule has 20 heavy (non-hydrogen) atoms. The number of hydrogen-bond donors (Lipinski definition) is 2. The molecule has 108 valence electrons. The van der Waals surface area contributed by atoms with Crippen molar-refractivity contribution in [2.24, 2.45) is 0 Å². The van der Waals surface area contributed by atoms with Crippen LogP contribution in [0.1, 0.15) is 24.8 Å². The fourth-order valence-corrected chi connectivity index (χ4v) is 2.59. The molecule has 0 radical (unpaired) electrons. The second-order valence-electron chi connectivity index (χ2n) is 5.20. The van der Waals surface area contributed by atoms with Gasteiger partial charge in [-0.25, -0.2) is 0 Å². The highest BCUT2D eigenvalue weighted by atomic mass is 16.6. The van der Waals surface area contributed by atoms with Crippen LogP contribution < -0.4 is 20.1 Å². The molecular weight excluding hydrogens is 256 g/mol. The van der Waals surface area contributed by atoms with Crippen molar-refractivity contribution >= 4 is 5.91 Å². The summed E-state index contributed by atoms with van der Waals surface area (Å²) in [6, 6.07) is 5.75. The molecule has 5 nitrogen and oxygen atoms in total. The van der Waals surface area contributed by atoms with Gasteiger partial charge in [-0.05, 0) is 37.1 Å². The van der Waals surface area contributed by atoms with Crippen LogP contribution in [0.2, 0.25) is 0 Å². The number of carbonyl (C=O) groups excluding carboxylic acids is 1. The number of fused-ring (bicyclic) bond motifs is 1. The molecule has 1 aromatic rings. The molecule has 5 heteroatoms.